The molecule has 0 aliphatic heterocycles. The molecule has 1 aliphatic carbocycles. The van der Waals surface area contributed by atoms with Crippen molar-refractivity contribution in [1.29, 1.82) is 0 Å². The maximum atomic E-state index is 11.7. The van der Waals surface area contributed by atoms with Crippen molar-refractivity contribution < 1.29 is 14.3 Å². The second kappa shape index (κ2) is 5.61. The van der Waals surface area contributed by atoms with Gasteiger partial charge >= 0.3 is 5.97 Å². The zero-order chi connectivity index (χ0) is 15.7. The van der Waals surface area contributed by atoms with Gasteiger partial charge in [0.2, 0.25) is 5.91 Å². The second-order valence-electron chi connectivity index (χ2n) is 5.24. The third-order valence-corrected chi connectivity index (χ3v) is 3.92. The summed E-state index contributed by atoms with van der Waals surface area (Å²) in [5.74, 6) is -1.75. The van der Waals surface area contributed by atoms with E-state index < -0.39 is 17.9 Å². The average Bonchev–Trinajstić information content (AvgIpc) is 2.86. The summed E-state index contributed by atoms with van der Waals surface area (Å²) in [6.07, 6.45) is 0. The number of primary amides is 1. The average molecular weight is 296 g/mol. The topological polar surface area (TPSA) is 95.4 Å². The smallest absolute Gasteiger partial charge is 0.332 e. The van der Waals surface area contributed by atoms with Crippen LogP contribution in [-0.4, -0.2) is 24.5 Å². The summed E-state index contributed by atoms with van der Waals surface area (Å²) >= 11 is 0. The molecule has 1 aliphatic rings. The van der Waals surface area contributed by atoms with E-state index in [4.69, 9.17) is 16.2 Å². The van der Waals surface area contributed by atoms with Gasteiger partial charge in [-0.2, -0.15) is 0 Å². The normalized spacial score (nSPS) is 14.0. The van der Waals surface area contributed by atoms with Gasteiger partial charge in [0.15, 0.2) is 6.04 Å². The number of hydrogen-bond donors (Lipinski definition) is 2. The van der Waals surface area contributed by atoms with Crippen molar-refractivity contribution >= 4 is 11.9 Å². The molecule has 3 rings (SSSR count). The van der Waals surface area contributed by atoms with E-state index >= 15 is 0 Å². The fraction of sp³-hybridized carbons (Fsp3) is 0.176. The minimum Gasteiger partial charge on any atom is -0.463 e. The lowest BCUT2D eigenvalue weighted by Gasteiger charge is -2.15. The summed E-state index contributed by atoms with van der Waals surface area (Å²) in [6, 6.07) is 14.6. The van der Waals surface area contributed by atoms with Crippen molar-refractivity contribution in [2.24, 2.45) is 11.5 Å². The Morgan fingerprint density at radius 1 is 1.00 bits per heavy atom. The van der Waals surface area contributed by atoms with Gasteiger partial charge in [0.1, 0.15) is 6.61 Å². The predicted molar refractivity (Wildman–Crippen MR) is 81.8 cm³/mol. The molecule has 0 fully saturated rings. The van der Waals surface area contributed by atoms with Crippen molar-refractivity contribution in [2.45, 2.75) is 12.0 Å². The fourth-order valence-corrected chi connectivity index (χ4v) is 2.81. The molecule has 1 atom stereocenters. The maximum absolute atomic E-state index is 11.7. The van der Waals surface area contributed by atoms with E-state index in [1.54, 1.807) is 0 Å². The Morgan fingerprint density at radius 2 is 1.50 bits per heavy atom. The minimum atomic E-state index is -1.42. The molecule has 4 N–H and O–H groups in total. The maximum Gasteiger partial charge on any atom is 0.332 e. The first-order valence-electron chi connectivity index (χ1n) is 6.99. The Labute approximate surface area is 127 Å². The Kier molecular flexibility index (Phi) is 3.65. The highest BCUT2D eigenvalue weighted by atomic mass is 16.5. The molecule has 0 radical (unpaired) electrons. The number of nitrogens with two attached hydrogens (primary N) is 2. The standard InChI is InChI=1S/C17H16N2O3/c18-15(16(19)20)17(21)22-9-14-12-7-3-1-5-10(12)11-6-2-4-8-13(11)14/h1-8,14-15H,9,18H2,(H2,19,20). The number of benzene rings is 2. The Balaban J connectivity index is 1.85. The zero-order valence-corrected chi connectivity index (χ0v) is 11.9. The molecule has 22 heavy (non-hydrogen) atoms. The summed E-state index contributed by atoms with van der Waals surface area (Å²) in [6.45, 7) is 0.133. The highest BCUT2D eigenvalue weighted by molar-refractivity contribution is 6.00. The van der Waals surface area contributed by atoms with Crippen LogP contribution in [0.15, 0.2) is 48.5 Å². The molecule has 0 heterocycles. The number of rotatable bonds is 4. The van der Waals surface area contributed by atoms with Crippen molar-refractivity contribution in [3.8, 4) is 11.1 Å². The summed E-state index contributed by atoms with van der Waals surface area (Å²) in [7, 11) is 0. The van der Waals surface area contributed by atoms with Crippen LogP contribution in [0.3, 0.4) is 0 Å². The van der Waals surface area contributed by atoms with Crippen LogP contribution in [0.25, 0.3) is 11.1 Å². The molecule has 2 aromatic carbocycles. The monoisotopic (exact) mass is 296 g/mol. The van der Waals surface area contributed by atoms with E-state index in [1.165, 1.54) is 0 Å². The van der Waals surface area contributed by atoms with E-state index in [0.29, 0.717) is 0 Å². The number of esters is 1. The van der Waals surface area contributed by atoms with Gasteiger partial charge in [-0.3, -0.25) is 4.79 Å². The lowest BCUT2D eigenvalue weighted by Crippen LogP contribution is -2.44. The molecule has 2 aromatic rings. The van der Waals surface area contributed by atoms with E-state index in [9.17, 15) is 9.59 Å². The second-order valence-corrected chi connectivity index (χ2v) is 5.24. The summed E-state index contributed by atoms with van der Waals surface area (Å²) in [5, 5.41) is 0. The molecular formula is C17H16N2O3. The number of carbonyl (C=O) groups excluding carboxylic acids is 2. The van der Waals surface area contributed by atoms with Gasteiger partial charge in [-0.1, -0.05) is 48.5 Å². The summed E-state index contributed by atoms with van der Waals surface area (Å²) < 4.78 is 5.20. The number of amides is 1. The predicted octanol–water partition coefficient (Wildman–Crippen LogP) is 1.15. The lowest BCUT2D eigenvalue weighted by atomic mass is 9.98. The largest absolute Gasteiger partial charge is 0.463 e. The van der Waals surface area contributed by atoms with Crippen LogP contribution in [0.5, 0.6) is 0 Å². The molecule has 1 amide bonds. The van der Waals surface area contributed by atoms with Crippen molar-refractivity contribution in [1.82, 2.24) is 0 Å². The first-order valence-corrected chi connectivity index (χ1v) is 6.99. The number of fused-ring (bicyclic) bond motifs is 3. The van der Waals surface area contributed by atoms with Gasteiger partial charge in [-0.15, -0.1) is 0 Å². The summed E-state index contributed by atoms with van der Waals surface area (Å²) in [5.41, 5.74) is 14.9. The highest BCUT2D eigenvalue weighted by Gasteiger charge is 2.30. The van der Waals surface area contributed by atoms with Crippen LogP contribution in [0.2, 0.25) is 0 Å². The number of carbonyl (C=O) groups is 2. The molecule has 5 nitrogen and oxygen atoms in total. The molecule has 0 saturated heterocycles. The van der Waals surface area contributed by atoms with E-state index in [1.807, 2.05) is 48.5 Å². The molecule has 0 saturated carbocycles. The van der Waals surface area contributed by atoms with Crippen molar-refractivity contribution in [3.05, 3.63) is 59.7 Å². The first kappa shape index (κ1) is 14.3. The Bertz CT molecular complexity index is 697. The highest BCUT2D eigenvalue weighted by Crippen LogP contribution is 2.44. The van der Waals surface area contributed by atoms with E-state index in [-0.39, 0.29) is 12.5 Å². The van der Waals surface area contributed by atoms with E-state index in [2.05, 4.69) is 0 Å². The summed E-state index contributed by atoms with van der Waals surface area (Å²) in [4.78, 5) is 22.6. The molecule has 0 bridgehead atoms. The number of hydrogen-bond acceptors (Lipinski definition) is 4. The first-order chi connectivity index (χ1) is 10.6. The molecule has 0 spiro atoms. The number of ether oxygens (including phenoxy) is 1. The molecule has 0 aromatic heterocycles. The van der Waals surface area contributed by atoms with Crippen LogP contribution in [-0.2, 0) is 14.3 Å². The molecular weight excluding hydrogens is 280 g/mol. The zero-order valence-electron chi connectivity index (χ0n) is 11.9. The quantitative estimate of drug-likeness (QED) is 0.653. The van der Waals surface area contributed by atoms with Gasteiger partial charge in [0.05, 0.1) is 0 Å². The minimum absolute atomic E-state index is 0.0589. The van der Waals surface area contributed by atoms with Crippen LogP contribution >= 0.6 is 0 Å². The van der Waals surface area contributed by atoms with Crippen LogP contribution in [0.1, 0.15) is 17.0 Å². The van der Waals surface area contributed by atoms with Crippen molar-refractivity contribution in [2.75, 3.05) is 6.61 Å². The Hall–Kier alpha value is -2.66. The lowest BCUT2D eigenvalue weighted by molar-refractivity contribution is -0.148. The Morgan fingerprint density at radius 3 is 2.00 bits per heavy atom. The fourth-order valence-electron chi connectivity index (χ4n) is 2.81. The van der Waals surface area contributed by atoms with Gasteiger partial charge in [-0.25, -0.2) is 4.79 Å². The van der Waals surface area contributed by atoms with Crippen LogP contribution in [0, 0.1) is 0 Å². The SMILES string of the molecule is NC(=O)C(N)C(=O)OCC1c2ccccc2-c2ccccc21. The van der Waals surface area contributed by atoms with E-state index in [0.717, 1.165) is 22.3 Å². The third-order valence-electron chi connectivity index (χ3n) is 3.92. The third kappa shape index (κ3) is 2.35. The molecule has 5 heteroatoms. The molecule has 112 valence electrons. The van der Waals surface area contributed by atoms with Crippen LogP contribution < -0.4 is 11.5 Å². The van der Waals surface area contributed by atoms with Gasteiger partial charge in [0, 0.05) is 5.92 Å². The van der Waals surface area contributed by atoms with Crippen LogP contribution in [0.4, 0.5) is 0 Å². The van der Waals surface area contributed by atoms with Crippen molar-refractivity contribution in [3.63, 3.8) is 0 Å². The molecule has 1 unspecified atom stereocenters. The van der Waals surface area contributed by atoms with Gasteiger partial charge < -0.3 is 16.2 Å². The van der Waals surface area contributed by atoms with Gasteiger partial charge in [0.25, 0.3) is 0 Å². The van der Waals surface area contributed by atoms with Gasteiger partial charge in [-0.05, 0) is 22.3 Å².